The van der Waals surface area contributed by atoms with Crippen LogP contribution in [0.25, 0.3) is 23.5 Å². The summed E-state index contributed by atoms with van der Waals surface area (Å²) < 4.78 is 5.61. The average Bonchev–Trinajstić information content (AvgIpc) is 3.03. The van der Waals surface area contributed by atoms with Crippen LogP contribution in [0.15, 0.2) is 44.3 Å². The lowest BCUT2D eigenvalue weighted by Crippen LogP contribution is -2.25. The molecule has 0 aliphatic heterocycles. The minimum atomic E-state index is -1.09. The molecule has 0 saturated heterocycles. The molecule has 0 radical (unpaired) electrons. The van der Waals surface area contributed by atoms with Gasteiger partial charge in [-0.15, -0.1) is 0 Å². The zero-order valence-corrected chi connectivity index (χ0v) is 14.3. The molecule has 0 fully saturated rings. The van der Waals surface area contributed by atoms with Crippen LogP contribution in [0, 0.1) is 10.1 Å². The number of nitrogens with one attached hydrogen (secondary N) is 2. The maximum absolute atomic E-state index is 11.6. The number of rotatable bonds is 4. The molecule has 0 amide bonds. The van der Waals surface area contributed by atoms with Crippen molar-refractivity contribution in [1.82, 2.24) is 9.97 Å². The molecule has 10 heteroatoms. The van der Waals surface area contributed by atoms with Crippen LogP contribution in [0.5, 0.6) is 0 Å². The van der Waals surface area contributed by atoms with Gasteiger partial charge in [0.25, 0.3) is 0 Å². The van der Waals surface area contributed by atoms with Crippen LogP contribution in [0.1, 0.15) is 11.5 Å². The molecule has 2 aromatic heterocycles. The molecule has 0 saturated carbocycles. The van der Waals surface area contributed by atoms with E-state index in [2.05, 4.69) is 4.98 Å². The molecule has 8 nitrogen and oxygen atoms in total. The molecule has 0 aliphatic rings. The number of nitrogens with zero attached hydrogens (tertiary/aromatic N) is 1. The van der Waals surface area contributed by atoms with Gasteiger partial charge < -0.3 is 9.40 Å². The van der Waals surface area contributed by atoms with Crippen LogP contribution in [0.4, 0.5) is 5.69 Å². The summed E-state index contributed by atoms with van der Waals surface area (Å²) in [5.74, 6) is 0.846. The first-order chi connectivity index (χ1) is 12.3. The Balaban J connectivity index is 1.95. The second kappa shape index (κ2) is 7.03. The summed E-state index contributed by atoms with van der Waals surface area (Å²) in [6, 6.07) is 8.27. The van der Waals surface area contributed by atoms with Crippen LogP contribution in [0.2, 0.25) is 10.0 Å². The second-order valence-corrected chi connectivity index (χ2v) is 5.91. The maximum Gasteiger partial charge on any atom is 0.357 e. The number of aromatic nitrogens is 2. The molecule has 0 aliphatic carbocycles. The average molecular weight is 394 g/mol. The Morgan fingerprint density at radius 1 is 1.04 bits per heavy atom. The van der Waals surface area contributed by atoms with E-state index in [0.717, 1.165) is 0 Å². The molecule has 0 atom stereocenters. The Bertz CT molecular complexity index is 1140. The Hall–Kier alpha value is -3.10. The summed E-state index contributed by atoms with van der Waals surface area (Å²) >= 11 is 11.8. The Labute approximate surface area is 154 Å². The van der Waals surface area contributed by atoms with Crippen LogP contribution in [0.3, 0.4) is 0 Å². The first-order valence-corrected chi connectivity index (χ1v) is 7.85. The molecule has 3 aromatic rings. The number of H-pyrrole nitrogens is 2. The number of furan rings is 1. The number of hydrogen-bond donors (Lipinski definition) is 2. The van der Waals surface area contributed by atoms with Crippen LogP contribution in [-0.2, 0) is 0 Å². The zero-order chi connectivity index (χ0) is 18.8. The van der Waals surface area contributed by atoms with Gasteiger partial charge in [0.2, 0.25) is 0 Å². The Morgan fingerprint density at radius 2 is 1.81 bits per heavy atom. The smallest absolute Gasteiger partial charge is 0.357 e. The largest absolute Gasteiger partial charge is 0.457 e. The van der Waals surface area contributed by atoms with E-state index in [4.69, 9.17) is 27.6 Å². The van der Waals surface area contributed by atoms with Gasteiger partial charge >= 0.3 is 16.9 Å². The van der Waals surface area contributed by atoms with E-state index < -0.39 is 21.9 Å². The third-order valence-electron chi connectivity index (χ3n) is 3.37. The molecule has 2 N–H and O–H groups in total. The molecule has 3 rings (SSSR count). The van der Waals surface area contributed by atoms with Crippen molar-refractivity contribution < 1.29 is 9.34 Å². The van der Waals surface area contributed by atoms with Crippen molar-refractivity contribution in [3.8, 4) is 11.3 Å². The topological polar surface area (TPSA) is 122 Å². The van der Waals surface area contributed by atoms with E-state index in [1.54, 1.807) is 35.3 Å². The first-order valence-electron chi connectivity index (χ1n) is 7.09. The van der Waals surface area contributed by atoms with Crippen molar-refractivity contribution in [2.24, 2.45) is 0 Å². The van der Waals surface area contributed by atoms with Gasteiger partial charge in [0.1, 0.15) is 17.2 Å². The molecular formula is C16H9Cl2N3O5. The normalized spacial score (nSPS) is 11.2. The fourth-order valence-corrected chi connectivity index (χ4v) is 2.51. The molecular weight excluding hydrogens is 385 g/mol. The molecule has 0 spiro atoms. The predicted molar refractivity (Wildman–Crippen MR) is 97.4 cm³/mol. The summed E-state index contributed by atoms with van der Waals surface area (Å²) in [6.07, 6.45) is 2.60. The highest BCUT2D eigenvalue weighted by atomic mass is 35.5. The van der Waals surface area contributed by atoms with Gasteiger partial charge in [-0.25, -0.2) is 4.79 Å². The van der Waals surface area contributed by atoms with Gasteiger partial charge in [-0.3, -0.25) is 19.9 Å². The van der Waals surface area contributed by atoms with E-state index in [-0.39, 0.29) is 5.69 Å². The van der Waals surface area contributed by atoms with Gasteiger partial charge in [0.05, 0.1) is 15.0 Å². The lowest BCUT2D eigenvalue weighted by Gasteiger charge is -1.99. The molecule has 0 bridgehead atoms. The first kappa shape index (κ1) is 17.7. The highest BCUT2D eigenvalue weighted by Crippen LogP contribution is 2.30. The number of benzene rings is 1. The van der Waals surface area contributed by atoms with E-state index in [0.29, 0.717) is 27.1 Å². The van der Waals surface area contributed by atoms with Crippen molar-refractivity contribution in [1.29, 1.82) is 0 Å². The van der Waals surface area contributed by atoms with Crippen molar-refractivity contribution in [2.75, 3.05) is 0 Å². The van der Waals surface area contributed by atoms with Crippen molar-refractivity contribution in [2.45, 2.75) is 0 Å². The lowest BCUT2D eigenvalue weighted by atomic mass is 10.2. The fourth-order valence-electron chi connectivity index (χ4n) is 2.21. The Morgan fingerprint density at radius 3 is 2.50 bits per heavy atom. The minimum absolute atomic E-state index is 0.240. The quantitative estimate of drug-likeness (QED) is 0.516. The number of nitro groups is 1. The van der Waals surface area contributed by atoms with Crippen LogP contribution >= 0.6 is 23.2 Å². The predicted octanol–water partition coefficient (Wildman–Crippen LogP) is 3.71. The molecule has 1 aromatic carbocycles. The summed E-state index contributed by atoms with van der Waals surface area (Å²) in [7, 11) is 0. The van der Waals surface area contributed by atoms with Crippen molar-refractivity contribution >= 4 is 41.0 Å². The van der Waals surface area contributed by atoms with Gasteiger partial charge in [0, 0.05) is 5.56 Å². The summed E-state index contributed by atoms with van der Waals surface area (Å²) in [4.78, 5) is 37.0. The van der Waals surface area contributed by atoms with Gasteiger partial charge in [0.15, 0.2) is 0 Å². The fraction of sp³-hybridized carbons (Fsp3) is 0. The molecule has 0 unspecified atom stereocenters. The SMILES string of the molecule is O=c1[nH]c(/C=C/c2ccc(-c3ccc(Cl)c(Cl)c3)o2)c([N+](=O)[O-])c(=O)[nH]1. The lowest BCUT2D eigenvalue weighted by molar-refractivity contribution is -0.386. The second-order valence-electron chi connectivity index (χ2n) is 5.09. The highest BCUT2D eigenvalue weighted by molar-refractivity contribution is 6.42. The van der Waals surface area contributed by atoms with Gasteiger partial charge in [-0.05, 0) is 42.5 Å². The maximum atomic E-state index is 11.6. The summed E-state index contributed by atoms with van der Waals surface area (Å²) in [5.41, 5.74) is -2.26. The van der Waals surface area contributed by atoms with Crippen LogP contribution in [-0.4, -0.2) is 14.9 Å². The number of hydrogen-bond acceptors (Lipinski definition) is 5. The minimum Gasteiger partial charge on any atom is -0.457 e. The monoisotopic (exact) mass is 393 g/mol. The van der Waals surface area contributed by atoms with Crippen molar-refractivity contribution in [3.63, 3.8) is 0 Å². The zero-order valence-electron chi connectivity index (χ0n) is 12.8. The molecule has 26 heavy (non-hydrogen) atoms. The van der Waals surface area contributed by atoms with E-state index in [9.17, 15) is 19.7 Å². The van der Waals surface area contributed by atoms with Crippen molar-refractivity contribution in [3.05, 3.63) is 82.8 Å². The number of aromatic amines is 2. The standard InChI is InChI=1S/C16H9Cl2N3O5/c17-10-4-1-8(7-11(10)18)13-6-3-9(26-13)2-5-12-14(21(24)25)15(22)20-16(23)19-12/h1-7H,(H2,19,20,22,23)/b5-2+. The van der Waals surface area contributed by atoms with E-state index >= 15 is 0 Å². The number of halogens is 2. The molecule has 132 valence electrons. The summed E-state index contributed by atoms with van der Waals surface area (Å²) in [6.45, 7) is 0. The molecule has 2 heterocycles. The Kier molecular flexibility index (Phi) is 4.79. The van der Waals surface area contributed by atoms with Gasteiger partial charge in [-0.2, -0.15) is 0 Å². The summed E-state index contributed by atoms with van der Waals surface area (Å²) in [5, 5.41) is 11.8. The third kappa shape index (κ3) is 3.61. The van der Waals surface area contributed by atoms with E-state index in [1.807, 2.05) is 0 Å². The third-order valence-corrected chi connectivity index (χ3v) is 4.11. The van der Waals surface area contributed by atoms with Crippen LogP contribution < -0.4 is 11.2 Å². The van der Waals surface area contributed by atoms with E-state index in [1.165, 1.54) is 12.2 Å². The highest BCUT2D eigenvalue weighted by Gasteiger charge is 2.18. The van der Waals surface area contributed by atoms with Gasteiger partial charge in [-0.1, -0.05) is 23.2 Å².